The standard InChI is InChI=1S/C41H46F3N7O6/c1-48-23-30(28-8-11-45-22-29(28)40(48)55)26-19-35(56-2)31(36(20-26)57-3)24-49-14-16-51(17-15-49)38(53)18-25-9-12-50(13-10-25)34-6-4-27(21-32(34)41(42,43)44)46-33-5-7-37(52)47-39(33)54/h4,6,8,11,19-23,25,33,46H,5,7,9-10,12-18,24H2,1-3H3,(H,47,52,54)/t33-/m1/s1. The number of imide groups is 1. The summed E-state index contributed by atoms with van der Waals surface area (Å²) in [5.74, 6) is 0.440. The summed E-state index contributed by atoms with van der Waals surface area (Å²) in [6, 6.07) is 8.89. The molecule has 5 heterocycles. The van der Waals surface area contributed by atoms with Crippen molar-refractivity contribution in [3.63, 3.8) is 0 Å². The van der Waals surface area contributed by atoms with Crippen molar-refractivity contribution in [1.82, 2.24) is 24.7 Å². The Morgan fingerprint density at radius 1 is 0.930 bits per heavy atom. The van der Waals surface area contributed by atoms with Gasteiger partial charge in [0.25, 0.3) is 5.56 Å². The van der Waals surface area contributed by atoms with Gasteiger partial charge in [0.05, 0.1) is 30.7 Å². The van der Waals surface area contributed by atoms with E-state index in [9.17, 15) is 32.3 Å². The summed E-state index contributed by atoms with van der Waals surface area (Å²) in [5, 5.41) is 6.35. The predicted molar refractivity (Wildman–Crippen MR) is 208 cm³/mol. The van der Waals surface area contributed by atoms with Crippen molar-refractivity contribution in [1.29, 1.82) is 0 Å². The summed E-state index contributed by atoms with van der Waals surface area (Å²) in [4.78, 5) is 59.8. The maximum atomic E-state index is 14.3. The van der Waals surface area contributed by atoms with Gasteiger partial charge in [0, 0.05) is 101 Å². The molecule has 4 aromatic rings. The molecular weight excluding hydrogens is 743 g/mol. The number of piperazine rings is 1. The topological polar surface area (TPSA) is 138 Å². The Bertz CT molecular complexity index is 2200. The first-order valence-corrected chi connectivity index (χ1v) is 19.1. The Morgan fingerprint density at radius 3 is 2.28 bits per heavy atom. The third kappa shape index (κ3) is 8.55. The molecule has 302 valence electrons. The van der Waals surface area contributed by atoms with Gasteiger partial charge in [-0.15, -0.1) is 0 Å². The van der Waals surface area contributed by atoms with Crippen LogP contribution in [0.2, 0.25) is 0 Å². The molecule has 3 fully saturated rings. The van der Waals surface area contributed by atoms with Gasteiger partial charge >= 0.3 is 6.18 Å². The average molecular weight is 790 g/mol. The van der Waals surface area contributed by atoms with Crippen molar-refractivity contribution < 1.29 is 37.0 Å². The van der Waals surface area contributed by atoms with E-state index in [0.717, 1.165) is 28.1 Å². The lowest BCUT2D eigenvalue weighted by molar-refractivity contribution is -0.137. The smallest absolute Gasteiger partial charge is 0.418 e. The number of halogens is 3. The van der Waals surface area contributed by atoms with Gasteiger partial charge in [-0.3, -0.25) is 34.4 Å². The van der Waals surface area contributed by atoms with Crippen LogP contribution in [0.25, 0.3) is 21.9 Å². The van der Waals surface area contributed by atoms with Gasteiger partial charge in [0.1, 0.15) is 17.5 Å². The van der Waals surface area contributed by atoms with Crippen LogP contribution in [0.4, 0.5) is 24.5 Å². The van der Waals surface area contributed by atoms with Crippen LogP contribution in [0.15, 0.2) is 59.8 Å². The van der Waals surface area contributed by atoms with Crippen molar-refractivity contribution in [2.45, 2.75) is 50.9 Å². The van der Waals surface area contributed by atoms with Gasteiger partial charge in [-0.05, 0) is 72.5 Å². The number of aromatic nitrogens is 2. The largest absolute Gasteiger partial charge is 0.496 e. The number of rotatable bonds is 10. The number of alkyl halides is 3. The second kappa shape index (κ2) is 16.5. The van der Waals surface area contributed by atoms with E-state index in [-0.39, 0.29) is 41.6 Å². The summed E-state index contributed by atoms with van der Waals surface area (Å²) in [7, 11) is 4.93. The van der Waals surface area contributed by atoms with E-state index >= 15 is 0 Å². The molecule has 7 rings (SSSR count). The van der Waals surface area contributed by atoms with Crippen LogP contribution < -0.4 is 30.6 Å². The molecular formula is C41H46F3N7O6. The molecule has 0 bridgehead atoms. The van der Waals surface area contributed by atoms with E-state index in [4.69, 9.17) is 9.47 Å². The van der Waals surface area contributed by atoms with E-state index in [0.29, 0.717) is 82.0 Å². The third-order valence-corrected chi connectivity index (χ3v) is 11.3. The molecule has 2 aromatic heterocycles. The molecule has 3 aliphatic heterocycles. The highest BCUT2D eigenvalue weighted by molar-refractivity contribution is 6.01. The quantitative estimate of drug-likeness (QED) is 0.216. The minimum absolute atomic E-state index is 0.0483. The van der Waals surface area contributed by atoms with Crippen LogP contribution in [0.1, 0.15) is 43.2 Å². The predicted octanol–water partition coefficient (Wildman–Crippen LogP) is 4.80. The molecule has 0 aliphatic carbocycles. The number of amides is 3. The molecule has 3 saturated heterocycles. The highest BCUT2D eigenvalue weighted by Crippen LogP contribution is 2.41. The van der Waals surface area contributed by atoms with Crippen molar-refractivity contribution in [3.05, 3.63) is 76.5 Å². The first kappa shape index (κ1) is 39.6. The van der Waals surface area contributed by atoms with Crippen molar-refractivity contribution in [2.75, 3.05) is 63.7 Å². The molecule has 2 N–H and O–H groups in total. The van der Waals surface area contributed by atoms with Crippen LogP contribution in [0, 0.1) is 5.92 Å². The lowest BCUT2D eigenvalue weighted by Crippen LogP contribution is -2.49. The van der Waals surface area contributed by atoms with E-state index in [2.05, 4.69) is 20.5 Å². The molecule has 3 aliphatic rings. The zero-order valence-corrected chi connectivity index (χ0v) is 32.2. The number of nitrogens with one attached hydrogen (secondary N) is 2. The number of pyridine rings is 2. The number of aryl methyl sites for hydroxylation is 1. The van der Waals surface area contributed by atoms with Gasteiger partial charge in [-0.2, -0.15) is 13.2 Å². The number of carbonyl (C=O) groups is 3. The third-order valence-electron chi connectivity index (χ3n) is 11.3. The van der Waals surface area contributed by atoms with Gasteiger partial charge in [-0.1, -0.05) is 0 Å². The first-order chi connectivity index (χ1) is 27.3. The molecule has 0 unspecified atom stereocenters. The monoisotopic (exact) mass is 789 g/mol. The first-order valence-electron chi connectivity index (χ1n) is 19.1. The fraction of sp³-hybridized carbons (Fsp3) is 0.439. The summed E-state index contributed by atoms with van der Waals surface area (Å²) in [5.41, 5.74) is 1.84. The highest BCUT2D eigenvalue weighted by atomic mass is 19.4. The van der Waals surface area contributed by atoms with Crippen molar-refractivity contribution >= 4 is 39.9 Å². The van der Waals surface area contributed by atoms with Gasteiger partial charge in [0.2, 0.25) is 17.7 Å². The number of fused-ring (bicyclic) bond motifs is 1. The van der Waals surface area contributed by atoms with Crippen molar-refractivity contribution in [3.8, 4) is 22.6 Å². The number of carbonyl (C=O) groups excluding carboxylic acids is 3. The minimum Gasteiger partial charge on any atom is -0.496 e. The van der Waals surface area contributed by atoms with Crippen LogP contribution in [-0.4, -0.2) is 96.6 Å². The number of benzene rings is 2. The number of nitrogens with zero attached hydrogens (tertiary/aromatic N) is 5. The Morgan fingerprint density at radius 2 is 1.63 bits per heavy atom. The van der Waals surface area contributed by atoms with Crippen LogP contribution >= 0.6 is 0 Å². The molecule has 0 saturated carbocycles. The second-order valence-electron chi connectivity index (χ2n) is 14.9. The number of anilines is 2. The van der Waals surface area contributed by atoms with E-state index in [1.807, 2.05) is 23.1 Å². The normalized spacial score (nSPS) is 18.5. The maximum Gasteiger partial charge on any atom is 0.418 e. The van der Waals surface area contributed by atoms with E-state index < -0.39 is 29.6 Å². The van der Waals surface area contributed by atoms with Crippen LogP contribution in [0.5, 0.6) is 11.5 Å². The summed E-state index contributed by atoms with van der Waals surface area (Å²) in [6.07, 6.45) is 2.23. The number of ether oxygens (including phenoxy) is 2. The Balaban J connectivity index is 0.941. The molecule has 1 atom stereocenters. The van der Waals surface area contributed by atoms with E-state index in [1.165, 1.54) is 16.7 Å². The summed E-state index contributed by atoms with van der Waals surface area (Å²) >= 11 is 0. The molecule has 0 spiro atoms. The lowest BCUT2D eigenvalue weighted by Gasteiger charge is -2.38. The van der Waals surface area contributed by atoms with Gasteiger partial charge in [0.15, 0.2) is 0 Å². The van der Waals surface area contributed by atoms with Gasteiger partial charge < -0.3 is 29.2 Å². The van der Waals surface area contributed by atoms with Crippen molar-refractivity contribution in [2.24, 2.45) is 13.0 Å². The molecule has 13 nitrogen and oxygen atoms in total. The second-order valence-corrected chi connectivity index (χ2v) is 14.9. The fourth-order valence-corrected chi connectivity index (χ4v) is 8.13. The number of piperidine rings is 2. The molecule has 0 radical (unpaired) electrons. The molecule has 3 amide bonds. The van der Waals surface area contributed by atoms with Crippen LogP contribution in [-0.2, 0) is 34.2 Å². The maximum absolute atomic E-state index is 14.3. The SMILES string of the molecule is COc1cc(-c2cn(C)c(=O)c3cnccc23)cc(OC)c1CN1CCN(C(=O)CC2CCN(c3ccc(N[C@@H]4CCC(=O)NC4=O)cc3C(F)(F)F)CC2)CC1. The average Bonchev–Trinajstić information content (AvgIpc) is 3.20. The lowest BCUT2D eigenvalue weighted by atomic mass is 9.92. The zero-order chi connectivity index (χ0) is 40.4. The van der Waals surface area contributed by atoms with Gasteiger partial charge in [-0.25, -0.2) is 0 Å². The Labute approximate surface area is 327 Å². The number of hydrogen-bond acceptors (Lipinski definition) is 10. The van der Waals surface area contributed by atoms with Crippen LogP contribution in [0.3, 0.4) is 0 Å². The van der Waals surface area contributed by atoms with E-state index in [1.54, 1.807) is 44.8 Å². The summed E-state index contributed by atoms with van der Waals surface area (Å²) < 4.78 is 56.1. The number of hydrogen-bond donors (Lipinski definition) is 2. The highest BCUT2D eigenvalue weighted by Gasteiger charge is 2.37. The summed E-state index contributed by atoms with van der Waals surface area (Å²) in [6.45, 7) is 3.69. The fourth-order valence-electron chi connectivity index (χ4n) is 8.13. The molecule has 57 heavy (non-hydrogen) atoms. The zero-order valence-electron chi connectivity index (χ0n) is 32.2. The Hall–Kier alpha value is -5.64. The molecule has 16 heteroatoms. The molecule has 2 aromatic carbocycles. The Kier molecular flexibility index (Phi) is 11.4. The number of methoxy groups -OCH3 is 2. The minimum atomic E-state index is -4.62.